The van der Waals surface area contributed by atoms with Crippen LogP contribution in [0.3, 0.4) is 0 Å². The normalized spacial score (nSPS) is 32.9. The van der Waals surface area contributed by atoms with E-state index < -0.39 is 34.7 Å². The zero-order chi connectivity index (χ0) is 32.0. The fourth-order valence-corrected chi connectivity index (χ4v) is 7.34. The Morgan fingerprint density at radius 2 is 1.93 bits per heavy atom. The summed E-state index contributed by atoms with van der Waals surface area (Å²) >= 11 is 6.68. The number of amides is 1. The fourth-order valence-electron chi connectivity index (χ4n) is 7.07. The van der Waals surface area contributed by atoms with Gasteiger partial charge < -0.3 is 30.4 Å². The topological polar surface area (TPSA) is 103 Å². The van der Waals surface area contributed by atoms with Crippen molar-refractivity contribution in [1.29, 1.82) is 0 Å². The summed E-state index contributed by atoms with van der Waals surface area (Å²) in [5, 5.41) is 13.8. The number of benzene rings is 2. The number of aliphatic hydroxyl groups is 1. The lowest BCUT2D eigenvalue weighted by atomic mass is 9.78. The molecule has 1 saturated carbocycles. The van der Waals surface area contributed by atoms with Crippen molar-refractivity contribution in [2.24, 2.45) is 5.73 Å². The van der Waals surface area contributed by atoms with Crippen LogP contribution in [0.4, 0.5) is 8.78 Å². The summed E-state index contributed by atoms with van der Waals surface area (Å²) < 4.78 is 50.9. The van der Waals surface area contributed by atoms with Crippen molar-refractivity contribution in [3.8, 4) is 5.75 Å². The number of carbonyl (C=O) groups is 1. The van der Waals surface area contributed by atoms with Gasteiger partial charge in [-0.1, -0.05) is 48.0 Å². The van der Waals surface area contributed by atoms with E-state index in [0.29, 0.717) is 31.6 Å². The third kappa shape index (κ3) is 6.30. The van der Waals surface area contributed by atoms with E-state index in [1.54, 1.807) is 6.92 Å². The number of halogens is 3. The Kier molecular flexibility index (Phi) is 8.86. The molecule has 2 aliphatic heterocycles. The molecule has 2 unspecified atom stereocenters. The maximum absolute atomic E-state index is 16.9. The van der Waals surface area contributed by atoms with Crippen LogP contribution in [0.5, 0.6) is 5.75 Å². The van der Waals surface area contributed by atoms with Crippen LogP contribution in [0, 0.1) is 5.82 Å². The number of rotatable bonds is 9. The Morgan fingerprint density at radius 1 is 1.20 bits per heavy atom. The lowest BCUT2D eigenvalue weighted by Crippen LogP contribution is -2.48. The summed E-state index contributed by atoms with van der Waals surface area (Å²) in [6.45, 7) is 4.61. The van der Waals surface area contributed by atoms with Crippen molar-refractivity contribution in [3.63, 3.8) is 0 Å². The Bertz CT molecular complexity index is 1500. The van der Waals surface area contributed by atoms with Gasteiger partial charge in [0.1, 0.15) is 17.2 Å². The molecule has 2 heterocycles. The highest BCUT2D eigenvalue weighted by Crippen LogP contribution is 2.51. The number of hydrogen-bond donors (Lipinski definition) is 3. The smallest absolute Gasteiger partial charge is 0.249 e. The Morgan fingerprint density at radius 3 is 2.60 bits per heavy atom. The molecular weight excluding hydrogens is 602 g/mol. The van der Waals surface area contributed by atoms with E-state index in [9.17, 15) is 9.90 Å². The number of fused-ring (bicyclic) bond motifs is 1. The van der Waals surface area contributed by atoms with Crippen LogP contribution < -0.4 is 15.8 Å². The maximum Gasteiger partial charge on any atom is 0.249 e. The number of carbonyl (C=O) groups excluding carboxylic acids is 1. The van der Waals surface area contributed by atoms with E-state index in [1.165, 1.54) is 18.2 Å². The lowest BCUT2D eigenvalue weighted by Gasteiger charge is -2.37. The molecule has 0 aromatic heterocycles. The van der Waals surface area contributed by atoms with Crippen LogP contribution in [0.2, 0.25) is 5.02 Å². The number of hydrogen-bond acceptors (Lipinski definition) is 6. The first-order chi connectivity index (χ1) is 21.4. The van der Waals surface area contributed by atoms with Gasteiger partial charge in [-0.25, -0.2) is 8.78 Å². The standard InChI is InChI=1S/C35H41ClF2N2O5/c1-33(42)13-10-22(11-14-33)40-20-35(21-7-4-3-5-8-21)18-25-27(45-35)17-26(37)30(36)28(25)29-24(32(39)41)12-15-34(2,31(29)38)44-19-23-9-6-16-43-23/h3-5,7-8,12,15,17,22-23,31,40,42H,6,9-11,13-14,16,18-20H2,1-2H3,(H2,39,41)/t22?,23-,31?,33?,34?,35-/m1/s1. The van der Waals surface area contributed by atoms with Crippen LogP contribution in [0.15, 0.2) is 54.1 Å². The molecule has 4 aliphatic rings. The fraction of sp³-hybridized carbons (Fsp3) is 0.514. The molecule has 0 radical (unpaired) electrons. The highest BCUT2D eigenvalue weighted by molar-refractivity contribution is 6.33. The highest BCUT2D eigenvalue weighted by atomic mass is 35.5. The molecule has 242 valence electrons. The molecule has 45 heavy (non-hydrogen) atoms. The van der Waals surface area contributed by atoms with Crippen LogP contribution in [-0.2, 0) is 26.3 Å². The van der Waals surface area contributed by atoms with Crippen LogP contribution >= 0.6 is 11.6 Å². The lowest BCUT2D eigenvalue weighted by molar-refractivity contribution is -0.114. The first-order valence-electron chi connectivity index (χ1n) is 15.8. The molecule has 0 spiro atoms. The largest absolute Gasteiger partial charge is 0.480 e. The Hall–Kier alpha value is -2.82. The van der Waals surface area contributed by atoms with Crippen LogP contribution in [0.25, 0.3) is 5.57 Å². The van der Waals surface area contributed by atoms with Gasteiger partial charge in [-0.15, -0.1) is 0 Å². The van der Waals surface area contributed by atoms with Crippen molar-refractivity contribution >= 4 is 23.1 Å². The van der Waals surface area contributed by atoms with Crippen LogP contribution in [-0.4, -0.2) is 60.3 Å². The van der Waals surface area contributed by atoms with E-state index in [0.717, 1.165) is 31.2 Å². The van der Waals surface area contributed by atoms with Gasteiger partial charge in [-0.3, -0.25) is 4.79 Å². The number of nitrogens with one attached hydrogen (secondary N) is 1. The van der Waals surface area contributed by atoms with Gasteiger partial charge in [0.2, 0.25) is 5.91 Å². The minimum atomic E-state index is -1.89. The summed E-state index contributed by atoms with van der Waals surface area (Å²) in [5.74, 6) is -1.43. The molecule has 2 fully saturated rings. The minimum Gasteiger partial charge on any atom is -0.480 e. The second-order valence-electron chi connectivity index (χ2n) is 13.3. The summed E-state index contributed by atoms with van der Waals surface area (Å²) in [6, 6.07) is 11.0. The molecule has 2 aliphatic carbocycles. The van der Waals surface area contributed by atoms with E-state index in [4.69, 9.17) is 31.5 Å². The summed E-state index contributed by atoms with van der Waals surface area (Å²) in [6.07, 6.45) is 5.78. The molecule has 0 bridgehead atoms. The Balaban J connectivity index is 1.38. The molecule has 4 atom stereocenters. The van der Waals surface area contributed by atoms with E-state index >= 15 is 8.78 Å². The first kappa shape index (κ1) is 32.1. The van der Waals surface area contributed by atoms with Gasteiger partial charge in [-0.05, 0) is 64.0 Å². The predicted octanol–water partition coefficient (Wildman–Crippen LogP) is 5.69. The summed E-state index contributed by atoms with van der Waals surface area (Å²) in [5.41, 5.74) is 3.84. The van der Waals surface area contributed by atoms with Gasteiger partial charge in [0.15, 0.2) is 11.8 Å². The predicted molar refractivity (Wildman–Crippen MR) is 168 cm³/mol. The molecule has 7 nitrogen and oxygen atoms in total. The number of alkyl halides is 1. The molecule has 6 rings (SSSR count). The molecule has 1 saturated heterocycles. The van der Waals surface area contributed by atoms with Gasteiger partial charge in [0.25, 0.3) is 0 Å². The van der Waals surface area contributed by atoms with Gasteiger partial charge >= 0.3 is 0 Å². The minimum absolute atomic E-state index is 0.0655. The summed E-state index contributed by atoms with van der Waals surface area (Å²) in [7, 11) is 0. The molecule has 2 aromatic rings. The SMILES string of the molecule is CC1(O)CCC(NC[C@@]2(c3ccccc3)Cc3c(cc(F)c(Cl)c3C3=C(C(N)=O)C=CC(C)(OC[C@H]4CCCO4)C3F)O2)CC1. The van der Waals surface area contributed by atoms with Gasteiger partial charge in [0.05, 0.1) is 23.3 Å². The molecule has 1 amide bonds. The summed E-state index contributed by atoms with van der Waals surface area (Å²) in [4.78, 5) is 12.7. The van der Waals surface area contributed by atoms with Crippen LogP contribution in [0.1, 0.15) is 69.1 Å². The molecule has 4 N–H and O–H groups in total. The first-order valence-corrected chi connectivity index (χ1v) is 16.1. The third-order valence-corrected chi connectivity index (χ3v) is 10.2. The van der Waals surface area contributed by atoms with Crippen molar-refractivity contribution in [1.82, 2.24) is 5.32 Å². The second kappa shape index (κ2) is 12.4. The van der Waals surface area contributed by atoms with E-state index in [1.807, 2.05) is 37.3 Å². The Labute approximate surface area is 267 Å². The second-order valence-corrected chi connectivity index (χ2v) is 13.7. The number of ether oxygens (including phenoxy) is 3. The number of primary amides is 1. The number of nitrogens with two attached hydrogens (primary N) is 1. The van der Waals surface area contributed by atoms with E-state index in [-0.39, 0.29) is 52.7 Å². The van der Waals surface area contributed by atoms with Crippen molar-refractivity contribution < 1.29 is 32.9 Å². The van der Waals surface area contributed by atoms with Crippen molar-refractivity contribution in [2.45, 2.75) is 93.9 Å². The highest BCUT2D eigenvalue weighted by Gasteiger charge is 2.48. The van der Waals surface area contributed by atoms with Crippen molar-refractivity contribution in [2.75, 3.05) is 19.8 Å². The molecule has 10 heteroatoms. The molecule has 2 aromatic carbocycles. The van der Waals surface area contributed by atoms with Crippen molar-refractivity contribution in [3.05, 3.63) is 81.7 Å². The van der Waals surface area contributed by atoms with E-state index in [2.05, 4.69) is 5.32 Å². The average Bonchev–Trinajstić information content (AvgIpc) is 3.67. The zero-order valence-electron chi connectivity index (χ0n) is 25.7. The van der Waals surface area contributed by atoms with Gasteiger partial charge in [0, 0.05) is 54.0 Å². The quantitative estimate of drug-likeness (QED) is 0.325. The monoisotopic (exact) mass is 642 g/mol. The average molecular weight is 643 g/mol. The molecular formula is C35H41ClF2N2O5. The zero-order valence-corrected chi connectivity index (χ0v) is 26.5. The third-order valence-electron chi connectivity index (χ3n) is 9.86. The van der Waals surface area contributed by atoms with Gasteiger partial charge in [-0.2, -0.15) is 0 Å². The maximum atomic E-state index is 16.9.